The molecule has 98 valence electrons. The fourth-order valence-corrected chi connectivity index (χ4v) is 2.90. The van der Waals surface area contributed by atoms with Gasteiger partial charge in [0.05, 0.1) is 0 Å². The van der Waals surface area contributed by atoms with Gasteiger partial charge in [0.15, 0.2) is 0 Å². The lowest BCUT2D eigenvalue weighted by Crippen LogP contribution is -2.36. The third kappa shape index (κ3) is 2.45. The highest BCUT2D eigenvalue weighted by molar-refractivity contribution is 6.30. The minimum Gasteiger partial charge on any atom is -0.364 e. The first-order valence-corrected chi connectivity index (χ1v) is 7.07. The van der Waals surface area contributed by atoms with E-state index in [1.807, 2.05) is 6.07 Å². The maximum absolute atomic E-state index is 6.18. The Kier molecular flexibility index (Phi) is 3.43. The summed E-state index contributed by atoms with van der Waals surface area (Å²) in [6.45, 7) is 3.10. The normalized spacial score (nSPS) is 18.2. The van der Waals surface area contributed by atoms with Crippen molar-refractivity contribution in [2.75, 3.05) is 4.90 Å². The first-order valence-electron chi connectivity index (χ1n) is 6.69. The highest BCUT2D eigenvalue weighted by Gasteiger charge is 2.23. The van der Waals surface area contributed by atoms with E-state index in [1.54, 1.807) is 6.20 Å². The van der Waals surface area contributed by atoms with Gasteiger partial charge in [-0.3, -0.25) is 0 Å². The topological polar surface area (TPSA) is 16.1 Å². The molecule has 2 nitrogen and oxygen atoms in total. The fraction of sp³-hybridized carbons (Fsp3) is 0.312. The van der Waals surface area contributed by atoms with Crippen molar-refractivity contribution in [3.05, 3.63) is 58.9 Å². The van der Waals surface area contributed by atoms with Gasteiger partial charge in [-0.2, -0.15) is 0 Å². The first-order chi connectivity index (χ1) is 9.25. The summed E-state index contributed by atoms with van der Waals surface area (Å²) in [4.78, 5) is 6.60. The number of anilines is 1. The smallest absolute Gasteiger partial charge is 0.133 e. The summed E-state index contributed by atoms with van der Waals surface area (Å²) in [5, 5.41) is 0.609. The summed E-state index contributed by atoms with van der Waals surface area (Å²) >= 11 is 6.18. The molecule has 0 saturated heterocycles. The molecule has 19 heavy (non-hydrogen) atoms. The number of rotatable bonds is 2. The Morgan fingerprint density at radius 2 is 2.11 bits per heavy atom. The second-order valence-electron chi connectivity index (χ2n) is 5.10. The van der Waals surface area contributed by atoms with Gasteiger partial charge in [0, 0.05) is 30.0 Å². The molecule has 1 atom stereocenters. The number of hydrogen-bond donors (Lipinski definition) is 0. The number of halogens is 1. The van der Waals surface area contributed by atoms with Gasteiger partial charge in [0.1, 0.15) is 5.15 Å². The van der Waals surface area contributed by atoms with E-state index in [0.717, 1.165) is 18.5 Å². The van der Waals surface area contributed by atoms with E-state index in [9.17, 15) is 0 Å². The lowest BCUT2D eigenvalue weighted by Gasteiger charge is -2.37. The maximum atomic E-state index is 6.18. The minimum atomic E-state index is 0.533. The van der Waals surface area contributed by atoms with Crippen molar-refractivity contribution in [1.29, 1.82) is 0 Å². The van der Waals surface area contributed by atoms with Gasteiger partial charge in [-0.05, 0) is 37.5 Å². The number of nitrogens with zero attached hydrogens (tertiary/aromatic N) is 2. The zero-order valence-corrected chi connectivity index (χ0v) is 11.8. The monoisotopic (exact) mass is 272 g/mol. The van der Waals surface area contributed by atoms with Crippen molar-refractivity contribution >= 4 is 17.3 Å². The highest BCUT2D eigenvalue weighted by atomic mass is 35.5. The summed E-state index contributed by atoms with van der Waals surface area (Å²) in [5.74, 6) is 0. The molecular weight excluding hydrogens is 256 g/mol. The van der Waals surface area contributed by atoms with E-state index in [4.69, 9.17) is 11.6 Å². The SMILES string of the molecule is CC1CCc2ccccc2N1Cc1cccnc1Cl. The third-order valence-corrected chi connectivity index (χ3v) is 4.18. The van der Waals surface area contributed by atoms with Crippen LogP contribution in [0, 0.1) is 0 Å². The van der Waals surface area contributed by atoms with Crippen LogP contribution in [0.1, 0.15) is 24.5 Å². The molecule has 1 aliphatic heterocycles. The Hall–Kier alpha value is -1.54. The second kappa shape index (κ2) is 5.22. The van der Waals surface area contributed by atoms with Crippen LogP contribution in [0.4, 0.5) is 5.69 Å². The lowest BCUT2D eigenvalue weighted by molar-refractivity contribution is 0.560. The van der Waals surface area contributed by atoms with E-state index >= 15 is 0 Å². The van der Waals surface area contributed by atoms with Crippen molar-refractivity contribution in [3.8, 4) is 0 Å². The van der Waals surface area contributed by atoms with Gasteiger partial charge >= 0.3 is 0 Å². The number of para-hydroxylation sites is 1. The zero-order valence-electron chi connectivity index (χ0n) is 11.0. The van der Waals surface area contributed by atoms with Crippen molar-refractivity contribution < 1.29 is 0 Å². The molecule has 0 amide bonds. The molecule has 0 radical (unpaired) electrons. The molecule has 0 aliphatic carbocycles. The average Bonchev–Trinajstić information content (AvgIpc) is 2.44. The number of fused-ring (bicyclic) bond motifs is 1. The summed E-state index contributed by atoms with van der Waals surface area (Å²) in [5.41, 5.74) is 3.86. The standard InChI is InChI=1S/C16H17ClN2/c1-12-8-9-13-5-2-3-7-15(13)19(12)11-14-6-4-10-18-16(14)17/h2-7,10,12H,8-9,11H2,1H3. The minimum absolute atomic E-state index is 0.533. The molecule has 0 N–H and O–H groups in total. The number of benzene rings is 1. The first kappa shape index (κ1) is 12.5. The fourth-order valence-electron chi connectivity index (χ4n) is 2.72. The molecule has 2 heterocycles. The Bertz CT molecular complexity index is 582. The number of aryl methyl sites for hydroxylation is 1. The Balaban J connectivity index is 1.94. The zero-order chi connectivity index (χ0) is 13.2. The Morgan fingerprint density at radius 3 is 2.95 bits per heavy atom. The van der Waals surface area contributed by atoms with Crippen LogP contribution in [0.3, 0.4) is 0 Å². The predicted octanol–water partition coefficient (Wildman–Crippen LogP) is 4.08. The Labute approximate surface area is 119 Å². The predicted molar refractivity (Wildman–Crippen MR) is 79.7 cm³/mol. The summed E-state index contributed by atoms with van der Waals surface area (Å²) in [6, 6.07) is 13.2. The van der Waals surface area contributed by atoms with E-state index in [0.29, 0.717) is 11.2 Å². The molecule has 0 bridgehead atoms. The lowest BCUT2D eigenvalue weighted by atomic mass is 9.96. The molecule has 3 rings (SSSR count). The maximum Gasteiger partial charge on any atom is 0.133 e. The van der Waals surface area contributed by atoms with Crippen molar-refractivity contribution in [3.63, 3.8) is 0 Å². The molecule has 0 saturated carbocycles. The largest absolute Gasteiger partial charge is 0.364 e. The summed E-state index contributed by atoms with van der Waals surface area (Å²) in [7, 11) is 0. The van der Waals surface area contributed by atoms with Crippen LogP contribution in [-0.4, -0.2) is 11.0 Å². The summed E-state index contributed by atoms with van der Waals surface area (Å²) < 4.78 is 0. The van der Waals surface area contributed by atoms with E-state index in [-0.39, 0.29) is 0 Å². The van der Waals surface area contributed by atoms with Gasteiger partial charge in [0.25, 0.3) is 0 Å². The molecule has 2 aromatic rings. The van der Waals surface area contributed by atoms with Gasteiger partial charge in [-0.15, -0.1) is 0 Å². The van der Waals surface area contributed by atoms with Crippen molar-refractivity contribution in [2.24, 2.45) is 0 Å². The van der Waals surface area contributed by atoms with Crippen LogP contribution in [0.5, 0.6) is 0 Å². The van der Waals surface area contributed by atoms with E-state index < -0.39 is 0 Å². The molecule has 1 aromatic heterocycles. The quantitative estimate of drug-likeness (QED) is 0.766. The summed E-state index contributed by atoms with van der Waals surface area (Å²) in [6.07, 6.45) is 4.09. The molecule has 0 fully saturated rings. The number of pyridine rings is 1. The van der Waals surface area contributed by atoms with Gasteiger partial charge in [-0.1, -0.05) is 35.9 Å². The van der Waals surface area contributed by atoms with Gasteiger partial charge in [-0.25, -0.2) is 4.98 Å². The molecule has 1 aromatic carbocycles. The van der Waals surface area contributed by atoms with Crippen LogP contribution >= 0.6 is 11.6 Å². The average molecular weight is 273 g/mol. The number of hydrogen-bond acceptors (Lipinski definition) is 2. The molecule has 1 aliphatic rings. The molecule has 1 unspecified atom stereocenters. The van der Waals surface area contributed by atoms with Gasteiger partial charge < -0.3 is 4.90 Å². The second-order valence-corrected chi connectivity index (χ2v) is 5.46. The molecule has 0 spiro atoms. The van der Waals surface area contributed by atoms with Crippen LogP contribution in [-0.2, 0) is 13.0 Å². The van der Waals surface area contributed by atoms with Crippen molar-refractivity contribution in [1.82, 2.24) is 4.98 Å². The van der Waals surface area contributed by atoms with Crippen molar-refractivity contribution in [2.45, 2.75) is 32.4 Å². The molecular formula is C16H17ClN2. The third-order valence-electron chi connectivity index (χ3n) is 3.84. The van der Waals surface area contributed by atoms with E-state index in [1.165, 1.54) is 17.7 Å². The molecule has 3 heteroatoms. The van der Waals surface area contributed by atoms with Crippen LogP contribution in [0.25, 0.3) is 0 Å². The van der Waals surface area contributed by atoms with Gasteiger partial charge in [0.2, 0.25) is 0 Å². The Morgan fingerprint density at radius 1 is 1.26 bits per heavy atom. The van der Waals surface area contributed by atoms with Crippen LogP contribution in [0.2, 0.25) is 5.15 Å². The van der Waals surface area contributed by atoms with Crippen LogP contribution < -0.4 is 4.90 Å². The van der Waals surface area contributed by atoms with Crippen LogP contribution in [0.15, 0.2) is 42.6 Å². The van der Waals surface area contributed by atoms with E-state index in [2.05, 4.69) is 47.1 Å². The number of aromatic nitrogens is 1. The highest BCUT2D eigenvalue weighted by Crippen LogP contribution is 2.32.